The third-order valence-electron chi connectivity index (χ3n) is 1.85. The highest BCUT2D eigenvalue weighted by Crippen LogP contribution is 2.23. The summed E-state index contributed by atoms with van der Waals surface area (Å²) in [7, 11) is -3.59. The third kappa shape index (κ3) is 2.93. The van der Waals surface area contributed by atoms with E-state index >= 15 is 0 Å². The minimum atomic E-state index is -3.59. The Kier molecular flexibility index (Phi) is 3.32. The summed E-state index contributed by atoms with van der Waals surface area (Å²) in [5, 5.41) is 0.181. The van der Waals surface area contributed by atoms with Gasteiger partial charge in [0.25, 0.3) is 10.0 Å². The normalized spacial score (nSPS) is 11.4. The Balaban J connectivity index is 2.29. The number of hydrogen-bond donors (Lipinski definition) is 1. The Hall–Kier alpha value is -1.18. The van der Waals surface area contributed by atoms with Gasteiger partial charge in [0, 0.05) is 10.9 Å². The van der Waals surface area contributed by atoms with Crippen molar-refractivity contribution in [2.45, 2.75) is 11.1 Å². The van der Waals surface area contributed by atoms with Crippen LogP contribution in [0.2, 0.25) is 5.15 Å². The number of sulfonamides is 1. The molecule has 0 unspecified atom stereocenters. The van der Waals surface area contributed by atoms with Crippen molar-refractivity contribution in [3.63, 3.8) is 0 Å². The minimum absolute atomic E-state index is 0.149. The van der Waals surface area contributed by atoms with E-state index in [0.29, 0.717) is 0 Å². The summed E-state index contributed by atoms with van der Waals surface area (Å²) in [6, 6.07) is 4.64. The quantitative estimate of drug-likeness (QED) is 0.880. The number of nitrogens with zero attached hydrogens (tertiary/aromatic N) is 2. The molecule has 2 aromatic rings. The van der Waals surface area contributed by atoms with Gasteiger partial charge in [-0.25, -0.2) is 18.4 Å². The lowest BCUT2D eigenvalue weighted by atomic mass is 10.5. The predicted octanol–water partition coefficient (Wildman–Crippen LogP) is 2.30. The SMILES string of the molecule is Cc1ccc(S(=O)(=O)Nc2cc(Cl)ncn2)s1. The number of halogens is 1. The van der Waals surface area contributed by atoms with Crippen LogP contribution in [0.1, 0.15) is 4.88 Å². The fourth-order valence-electron chi connectivity index (χ4n) is 1.13. The van der Waals surface area contributed by atoms with Gasteiger partial charge in [-0.15, -0.1) is 11.3 Å². The maximum Gasteiger partial charge on any atom is 0.272 e. The van der Waals surface area contributed by atoms with E-state index in [4.69, 9.17) is 11.6 Å². The number of anilines is 1. The number of nitrogens with one attached hydrogen (secondary N) is 1. The van der Waals surface area contributed by atoms with Crippen LogP contribution in [-0.2, 0) is 10.0 Å². The first-order chi connectivity index (χ1) is 7.97. The summed E-state index contributed by atoms with van der Waals surface area (Å²) in [5.74, 6) is 0.149. The summed E-state index contributed by atoms with van der Waals surface area (Å²) in [5.41, 5.74) is 0. The van der Waals surface area contributed by atoms with Crippen molar-refractivity contribution >= 4 is 38.8 Å². The zero-order valence-electron chi connectivity index (χ0n) is 8.71. The fraction of sp³-hybridized carbons (Fsp3) is 0.111. The van der Waals surface area contributed by atoms with E-state index in [0.717, 1.165) is 4.88 Å². The van der Waals surface area contributed by atoms with Crippen LogP contribution in [0.25, 0.3) is 0 Å². The lowest BCUT2D eigenvalue weighted by Crippen LogP contribution is -2.12. The first-order valence-electron chi connectivity index (χ1n) is 4.54. The van der Waals surface area contributed by atoms with Gasteiger partial charge >= 0.3 is 0 Å². The van der Waals surface area contributed by atoms with Crippen molar-refractivity contribution in [3.05, 3.63) is 34.6 Å². The van der Waals surface area contributed by atoms with Gasteiger partial charge in [-0.3, -0.25) is 4.72 Å². The third-order valence-corrected chi connectivity index (χ3v) is 4.91. The number of thiophene rings is 1. The molecule has 5 nitrogen and oxygen atoms in total. The van der Waals surface area contributed by atoms with E-state index in [9.17, 15) is 8.42 Å². The van der Waals surface area contributed by atoms with Gasteiger partial charge in [0.1, 0.15) is 21.5 Å². The largest absolute Gasteiger partial charge is 0.272 e. The average Bonchev–Trinajstić information content (AvgIpc) is 2.65. The highest BCUT2D eigenvalue weighted by atomic mass is 35.5. The van der Waals surface area contributed by atoms with E-state index in [1.165, 1.54) is 23.7 Å². The Morgan fingerprint density at radius 2 is 2.12 bits per heavy atom. The van der Waals surface area contributed by atoms with E-state index < -0.39 is 10.0 Å². The highest BCUT2D eigenvalue weighted by Gasteiger charge is 2.16. The maximum atomic E-state index is 11.9. The lowest BCUT2D eigenvalue weighted by molar-refractivity contribution is 0.603. The van der Waals surface area contributed by atoms with E-state index in [2.05, 4.69) is 14.7 Å². The van der Waals surface area contributed by atoms with Gasteiger partial charge in [0.15, 0.2) is 0 Å². The summed E-state index contributed by atoms with van der Waals surface area (Å²) in [6.45, 7) is 1.84. The molecular weight excluding hydrogens is 282 g/mol. The van der Waals surface area contributed by atoms with Crippen molar-refractivity contribution in [3.8, 4) is 0 Å². The molecule has 0 fully saturated rings. The molecule has 8 heteroatoms. The molecule has 0 saturated carbocycles. The molecule has 2 heterocycles. The van der Waals surface area contributed by atoms with Crippen molar-refractivity contribution < 1.29 is 8.42 Å². The van der Waals surface area contributed by atoms with E-state index in [1.54, 1.807) is 12.1 Å². The molecule has 0 saturated heterocycles. The summed E-state index contributed by atoms with van der Waals surface area (Å²) in [4.78, 5) is 8.37. The van der Waals surface area contributed by atoms with E-state index in [-0.39, 0.29) is 15.2 Å². The molecule has 0 radical (unpaired) electrons. The highest BCUT2D eigenvalue weighted by molar-refractivity contribution is 7.94. The number of hydrogen-bond acceptors (Lipinski definition) is 5. The number of aryl methyl sites for hydroxylation is 1. The van der Waals surface area contributed by atoms with Crippen LogP contribution in [0.4, 0.5) is 5.82 Å². The first-order valence-corrected chi connectivity index (χ1v) is 7.22. The minimum Gasteiger partial charge on any atom is -0.263 e. The average molecular weight is 290 g/mol. The Labute approximate surface area is 108 Å². The smallest absolute Gasteiger partial charge is 0.263 e. The zero-order valence-corrected chi connectivity index (χ0v) is 11.1. The molecule has 0 atom stereocenters. The molecule has 0 amide bonds. The fourth-order valence-corrected chi connectivity index (χ4v) is 3.56. The molecular formula is C9H8ClN3O2S2. The van der Waals surface area contributed by atoms with Crippen molar-refractivity contribution in [1.82, 2.24) is 9.97 Å². The van der Waals surface area contributed by atoms with Gasteiger partial charge in [-0.1, -0.05) is 11.6 Å². The van der Waals surface area contributed by atoms with Crippen LogP contribution in [0, 0.1) is 6.92 Å². The second kappa shape index (κ2) is 4.59. The van der Waals surface area contributed by atoms with Crippen LogP contribution in [-0.4, -0.2) is 18.4 Å². The van der Waals surface area contributed by atoms with Gasteiger partial charge in [-0.05, 0) is 19.1 Å². The van der Waals surface area contributed by atoms with Gasteiger partial charge < -0.3 is 0 Å². The summed E-state index contributed by atoms with van der Waals surface area (Å²) < 4.78 is 26.4. The molecule has 2 aromatic heterocycles. The predicted molar refractivity (Wildman–Crippen MR) is 66.9 cm³/mol. The topological polar surface area (TPSA) is 72.0 Å². The first kappa shape index (κ1) is 12.3. The van der Waals surface area contributed by atoms with E-state index in [1.807, 2.05) is 6.92 Å². The van der Waals surface area contributed by atoms with Crippen molar-refractivity contribution in [2.75, 3.05) is 4.72 Å². The van der Waals surface area contributed by atoms with Crippen LogP contribution < -0.4 is 4.72 Å². The molecule has 0 aliphatic carbocycles. The second-order valence-corrected chi connectivity index (χ2v) is 6.78. The monoisotopic (exact) mass is 289 g/mol. The second-order valence-electron chi connectivity index (χ2n) is 3.20. The molecule has 1 N–H and O–H groups in total. The zero-order chi connectivity index (χ0) is 12.5. The molecule has 0 aliphatic rings. The van der Waals surface area contributed by atoms with Gasteiger partial charge in [0.2, 0.25) is 0 Å². The Morgan fingerprint density at radius 1 is 1.35 bits per heavy atom. The molecule has 90 valence electrons. The standard InChI is InChI=1S/C9H8ClN3O2S2/c1-6-2-3-9(16-6)17(14,15)13-8-4-7(10)11-5-12-8/h2-5H,1H3,(H,11,12,13). The number of rotatable bonds is 3. The molecule has 0 aliphatic heterocycles. The molecule has 0 spiro atoms. The summed E-state index contributed by atoms with van der Waals surface area (Å²) >= 11 is 6.83. The Morgan fingerprint density at radius 3 is 2.71 bits per heavy atom. The molecule has 2 rings (SSSR count). The van der Waals surface area contributed by atoms with Crippen LogP contribution in [0.3, 0.4) is 0 Å². The van der Waals surface area contributed by atoms with Gasteiger partial charge in [0.05, 0.1) is 0 Å². The summed E-state index contributed by atoms with van der Waals surface area (Å²) in [6.07, 6.45) is 1.19. The van der Waals surface area contributed by atoms with Crippen LogP contribution in [0.5, 0.6) is 0 Å². The molecule has 0 bridgehead atoms. The van der Waals surface area contributed by atoms with Crippen LogP contribution >= 0.6 is 22.9 Å². The van der Waals surface area contributed by atoms with Crippen molar-refractivity contribution in [1.29, 1.82) is 0 Å². The number of aromatic nitrogens is 2. The van der Waals surface area contributed by atoms with Crippen molar-refractivity contribution in [2.24, 2.45) is 0 Å². The van der Waals surface area contributed by atoms with Crippen LogP contribution in [0.15, 0.2) is 28.7 Å². The van der Waals surface area contributed by atoms with Gasteiger partial charge in [-0.2, -0.15) is 0 Å². The molecule has 17 heavy (non-hydrogen) atoms. The molecule has 0 aromatic carbocycles. The Bertz CT molecular complexity index is 639. The lowest BCUT2D eigenvalue weighted by Gasteiger charge is -2.04. The maximum absolute atomic E-state index is 11.9.